The van der Waals surface area contributed by atoms with Crippen LogP contribution in [0, 0.1) is 0 Å². The monoisotopic (exact) mass is 251 g/mol. The van der Waals surface area contributed by atoms with Gasteiger partial charge in [-0.1, -0.05) is 18.2 Å². The third kappa shape index (κ3) is 1.91. The lowest BCUT2D eigenvalue weighted by atomic mass is 10.1. The quantitative estimate of drug-likeness (QED) is 0.603. The minimum atomic E-state index is -0.402. The summed E-state index contributed by atoms with van der Waals surface area (Å²) in [5, 5.41) is 4.81. The van der Waals surface area contributed by atoms with E-state index in [0.717, 1.165) is 10.6 Å². The Morgan fingerprint density at radius 3 is 2.26 bits per heavy atom. The number of hydrazone groups is 1. The summed E-state index contributed by atoms with van der Waals surface area (Å²) in [6.07, 6.45) is 4.68. The molecule has 92 valence electrons. The molecule has 5 heteroatoms. The summed E-state index contributed by atoms with van der Waals surface area (Å²) in [4.78, 5) is 27.9. The zero-order valence-electron chi connectivity index (χ0n) is 9.85. The van der Waals surface area contributed by atoms with Crippen LogP contribution in [0.15, 0.2) is 53.9 Å². The molecule has 0 fully saturated rings. The van der Waals surface area contributed by atoms with Crippen LogP contribution in [0.1, 0.15) is 26.3 Å². The number of imide groups is 1. The summed E-state index contributed by atoms with van der Waals surface area (Å²) >= 11 is 0. The average Bonchev–Trinajstić information content (AvgIpc) is 2.71. The summed E-state index contributed by atoms with van der Waals surface area (Å²) < 4.78 is 0. The number of aromatic nitrogens is 1. The highest BCUT2D eigenvalue weighted by molar-refractivity contribution is 6.21. The van der Waals surface area contributed by atoms with Crippen LogP contribution in [0.3, 0.4) is 0 Å². The molecule has 19 heavy (non-hydrogen) atoms. The molecule has 0 aliphatic carbocycles. The third-order valence-electron chi connectivity index (χ3n) is 2.78. The molecular formula is C14H9N3O2. The molecule has 0 saturated carbocycles. The van der Waals surface area contributed by atoms with E-state index < -0.39 is 11.8 Å². The van der Waals surface area contributed by atoms with Gasteiger partial charge in [0.1, 0.15) is 0 Å². The first kappa shape index (κ1) is 11.3. The van der Waals surface area contributed by atoms with E-state index in [1.165, 1.54) is 6.21 Å². The van der Waals surface area contributed by atoms with Crippen molar-refractivity contribution in [3.05, 3.63) is 65.5 Å². The van der Waals surface area contributed by atoms with Crippen molar-refractivity contribution in [1.82, 2.24) is 9.99 Å². The van der Waals surface area contributed by atoms with Gasteiger partial charge in [0, 0.05) is 18.0 Å². The lowest BCUT2D eigenvalue weighted by molar-refractivity contribution is 0.0660. The fourth-order valence-corrected chi connectivity index (χ4v) is 1.86. The van der Waals surface area contributed by atoms with Crippen molar-refractivity contribution in [1.29, 1.82) is 0 Å². The number of nitrogens with zero attached hydrogens (tertiary/aromatic N) is 3. The third-order valence-corrected chi connectivity index (χ3v) is 2.78. The number of benzene rings is 1. The summed E-state index contributed by atoms with van der Waals surface area (Å²) in [5.41, 5.74) is 1.49. The first-order valence-electron chi connectivity index (χ1n) is 5.69. The van der Waals surface area contributed by atoms with Gasteiger partial charge in [0.15, 0.2) is 0 Å². The van der Waals surface area contributed by atoms with Crippen LogP contribution >= 0.6 is 0 Å². The first-order valence-corrected chi connectivity index (χ1v) is 5.69. The van der Waals surface area contributed by atoms with Crippen molar-refractivity contribution in [2.75, 3.05) is 0 Å². The predicted molar refractivity (Wildman–Crippen MR) is 68.8 cm³/mol. The fourth-order valence-electron chi connectivity index (χ4n) is 1.86. The standard InChI is InChI=1S/C14H9N3O2/c18-13-11-5-1-2-6-12(11)14(19)17(13)16-9-10-4-3-7-15-8-10/h1-9H. The highest BCUT2D eigenvalue weighted by Crippen LogP contribution is 2.22. The number of hydrogen-bond donors (Lipinski definition) is 0. The topological polar surface area (TPSA) is 62.6 Å². The molecule has 0 radical (unpaired) electrons. The van der Waals surface area contributed by atoms with Crippen molar-refractivity contribution < 1.29 is 9.59 Å². The minimum Gasteiger partial charge on any atom is -0.267 e. The number of hydrogen-bond acceptors (Lipinski definition) is 4. The van der Waals surface area contributed by atoms with Crippen LogP contribution in [-0.2, 0) is 0 Å². The molecule has 0 bridgehead atoms. The van der Waals surface area contributed by atoms with Crippen molar-refractivity contribution in [2.24, 2.45) is 5.10 Å². The SMILES string of the molecule is O=C1c2ccccc2C(=O)N1N=Cc1cccnc1. The van der Waals surface area contributed by atoms with Crippen LogP contribution in [-0.4, -0.2) is 28.0 Å². The van der Waals surface area contributed by atoms with Crippen LogP contribution in [0.25, 0.3) is 0 Å². The second kappa shape index (κ2) is 4.45. The van der Waals surface area contributed by atoms with Gasteiger partial charge in [0.25, 0.3) is 11.8 Å². The number of pyridine rings is 1. The van der Waals surface area contributed by atoms with E-state index in [0.29, 0.717) is 11.1 Å². The maximum absolute atomic E-state index is 12.0. The molecular weight excluding hydrogens is 242 g/mol. The summed E-state index contributed by atoms with van der Waals surface area (Å²) in [6.45, 7) is 0. The van der Waals surface area contributed by atoms with Crippen LogP contribution in [0.5, 0.6) is 0 Å². The Morgan fingerprint density at radius 1 is 1.00 bits per heavy atom. The Hall–Kier alpha value is -2.82. The van der Waals surface area contributed by atoms with Crippen molar-refractivity contribution >= 4 is 18.0 Å². The Labute approximate surface area is 109 Å². The molecule has 1 aromatic heterocycles. The van der Waals surface area contributed by atoms with Gasteiger partial charge in [0.2, 0.25) is 0 Å². The lowest BCUT2D eigenvalue weighted by Gasteiger charge is -2.04. The highest BCUT2D eigenvalue weighted by Gasteiger charge is 2.35. The van der Waals surface area contributed by atoms with E-state index >= 15 is 0 Å². The van der Waals surface area contributed by atoms with E-state index in [4.69, 9.17) is 0 Å². The van der Waals surface area contributed by atoms with Gasteiger partial charge in [-0.25, -0.2) is 0 Å². The molecule has 2 aromatic rings. The fraction of sp³-hybridized carbons (Fsp3) is 0. The number of carbonyl (C=O) groups is 2. The van der Waals surface area contributed by atoms with Gasteiger partial charge in [0.05, 0.1) is 17.3 Å². The molecule has 1 aliphatic rings. The summed E-state index contributed by atoms with van der Waals surface area (Å²) in [5.74, 6) is -0.804. The Kier molecular flexibility index (Phi) is 2.64. The van der Waals surface area contributed by atoms with Gasteiger partial charge >= 0.3 is 0 Å². The Balaban J connectivity index is 1.91. The van der Waals surface area contributed by atoms with Crippen LogP contribution < -0.4 is 0 Å². The van der Waals surface area contributed by atoms with Gasteiger partial charge < -0.3 is 0 Å². The smallest absolute Gasteiger partial charge is 0.267 e. The van der Waals surface area contributed by atoms with Crippen molar-refractivity contribution in [3.8, 4) is 0 Å². The Bertz CT molecular complexity index is 645. The molecule has 1 aliphatic heterocycles. The molecule has 0 unspecified atom stereocenters. The maximum atomic E-state index is 12.0. The normalized spacial score (nSPS) is 14.2. The molecule has 0 atom stereocenters. The highest BCUT2D eigenvalue weighted by atomic mass is 16.2. The zero-order chi connectivity index (χ0) is 13.2. The summed E-state index contributed by atoms with van der Waals surface area (Å²) in [6, 6.07) is 10.2. The maximum Gasteiger partial charge on any atom is 0.282 e. The first-order chi connectivity index (χ1) is 9.27. The van der Waals surface area contributed by atoms with Gasteiger partial charge in [-0.2, -0.15) is 10.1 Å². The Morgan fingerprint density at radius 2 is 1.68 bits per heavy atom. The molecule has 0 N–H and O–H groups in total. The van der Waals surface area contributed by atoms with E-state index in [9.17, 15) is 9.59 Å². The van der Waals surface area contributed by atoms with Gasteiger partial charge in [-0.15, -0.1) is 0 Å². The summed E-state index contributed by atoms with van der Waals surface area (Å²) in [7, 11) is 0. The van der Waals surface area contributed by atoms with E-state index in [2.05, 4.69) is 10.1 Å². The van der Waals surface area contributed by atoms with E-state index in [1.54, 1.807) is 48.8 Å². The molecule has 2 amide bonds. The second-order valence-corrected chi connectivity index (χ2v) is 4.00. The van der Waals surface area contributed by atoms with Crippen LogP contribution in [0.2, 0.25) is 0 Å². The molecule has 0 spiro atoms. The number of amides is 2. The molecule has 2 heterocycles. The second-order valence-electron chi connectivity index (χ2n) is 4.00. The van der Waals surface area contributed by atoms with E-state index in [1.807, 2.05) is 0 Å². The average molecular weight is 251 g/mol. The lowest BCUT2D eigenvalue weighted by Crippen LogP contribution is -2.23. The predicted octanol–water partition coefficient (Wildman–Crippen LogP) is 1.71. The van der Waals surface area contributed by atoms with Crippen LogP contribution in [0.4, 0.5) is 0 Å². The van der Waals surface area contributed by atoms with Crippen molar-refractivity contribution in [2.45, 2.75) is 0 Å². The number of fused-ring (bicyclic) bond motifs is 1. The zero-order valence-corrected chi connectivity index (χ0v) is 9.85. The minimum absolute atomic E-state index is 0.385. The number of rotatable bonds is 2. The largest absolute Gasteiger partial charge is 0.282 e. The van der Waals surface area contributed by atoms with Gasteiger partial charge in [-0.3, -0.25) is 14.6 Å². The molecule has 1 aromatic carbocycles. The molecule has 3 rings (SSSR count). The van der Waals surface area contributed by atoms with Crippen molar-refractivity contribution in [3.63, 3.8) is 0 Å². The van der Waals surface area contributed by atoms with E-state index in [-0.39, 0.29) is 0 Å². The van der Waals surface area contributed by atoms with Gasteiger partial charge in [-0.05, 0) is 18.2 Å². The number of carbonyl (C=O) groups excluding carboxylic acids is 2. The molecule has 0 saturated heterocycles. The molecule has 5 nitrogen and oxygen atoms in total.